The van der Waals surface area contributed by atoms with Crippen molar-refractivity contribution in [2.45, 2.75) is 33.1 Å². The summed E-state index contributed by atoms with van der Waals surface area (Å²) in [7, 11) is 0. The Morgan fingerprint density at radius 3 is 2.44 bits per heavy atom. The molecule has 0 spiro atoms. The Balaban J connectivity index is 3.87. The summed E-state index contributed by atoms with van der Waals surface area (Å²) in [6.45, 7) is 4.41. The van der Waals surface area contributed by atoms with Crippen molar-refractivity contribution >= 4 is 11.8 Å². The molecule has 0 aromatic rings. The van der Waals surface area contributed by atoms with Crippen molar-refractivity contribution in [3.63, 3.8) is 0 Å². The van der Waals surface area contributed by atoms with Crippen LogP contribution in [0.15, 0.2) is 0 Å². The summed E-state index contributed by atoms with van der Waals surface area (Å²) in [6.07, 6.45) is 2.16. The van der Waals surface area contributed by atoms with Gasteiger partial charge in [0.25, 0.3) is 0 Å². The average molecular weight is 225 g/mol. The van der Waals surface area contributed by atoms with Crippen LogP contribution in [0.25, 0.3) is 0 Å². The number of hydrogen-bond donors (Lipinski definition) is 2. The van der Waals surface area contributed by atoms with Crippen LogP contribution in [0.2, 0.25) is 0 Å². The fraction of sp³-hybridized carbons (Fsp3) is 0.727. The quantitative estimate of drug-likeness (QED) is 0.664. The zero-order valence-corrected chi connectivity index (χ0v) is 9.88. The number of carbonyl (C=O) groups is 2. The van der Waals surface area contributed by atoms with Crippen molar-refractivity contribution < 1.29 is 9.59 Å². The molecule has 0 saturated carbocycles. The Kier molecular flexibility index (Phi) is 7.86. The van der Waals surface area contributed by atoms with E-state index in [2.05, 4.69) is 10.6 Å². The number of rotatable bonds is 7. The van der Waals surface area contributed by atoms with Crippen LogP contribution in [0.3, 0.4) is 0 Å². The molecule has 1 unspecified atom stereocenters. The second-order valence-corrected chi connectivity index (χ2v) is 3.54. The van der Waals surface area contributed by atoms with Crippen molar-refractivity contribution in [1.82, 2.24) is 10.6 Å². The van der Waals surface area contributed by atoms with E-state index >= 15 is 0 Å². The molecule has 0 radical (unpaired) electrons. The molecule has 0 aliphatic carbocycles. The minimum atomic E-state index is -0.649. The lowest BCUT2D eigenvalue weighted by Crippen LogP contribution is -2.39. The fourth-order valence-corrected chi connectivity index (χ4v) is 1.16. The third-order valence-corrected chi connectivity index (χ3v) is 2.05. The first-order valence-electron chi connectivity index (χ1n) is 5.59. The highest BCUT2D eigenvalue weighted by molar-refractivity contribution is 5.86. The van der Waals surface area contributed by atoms with E-state index in [9.17, 15) is 9.59 Å². The lowest BCUT2D eigenvalue weighted by Gasteiger charge is -2.09. The molecule has 0 fully saturated rings. The third kappa shape index (κ3) is 6.02. The molecule has 1 atom stereocenters. The van der Waals surface area contributed by atoms with Gasteiger partial charge in [0.2, 0.25) is 11.8 Å². The summed E-state index contributed by atoms with van der Waals surface area (Å²) in [5, 5.41) is 13.8. The Hall–Kier alpha value is -1.57. The third-order valence-electron chi connectivity index (χ3n) is 2.05. The van der Waals surface area contributed by atoms with E-state index in [-0.39, 0.29) is 18.4 Å². The van der Waals surface area contributed by atoms with Crippen molar-refractivity contribution in [2.24, 2.45) is 5.92 Å². The van der Waals surface area contributed by atoms with E-state index in [1.165, 1.54) is 0 Å². The van der Waals surface area contributed by atoms with Gasteiger partial charge in [-0.1, -0.05) is 20.3 Å². The molecule has 5 heteroatoms. The molecule has 0 aromatic carbocycles. The topological polar surface area (TPSA) is 82.0 Å². The van der Waals surface area contributed by atoms with Crippen LogP contribution in [-0.2, 0) is 9.59 Å². The van der Waals surface area contributed by atoms with Gasteiger partial charge >= 0.3 is 0 Å². The van der Waals surface area contributed by atoms with Crippen LogP contribution in [0, 0.1) is 17.2 Å². The van der Waals surface area contributed by atoms with Gasteiger partial charge in [0.05, 0.1) is 12.6 Å². The predicted octanol–water partition coefficient (Wildman–Crippen LogP) is 0.569. The molecule has 0 bridgehead atoms. The van der Waals surface area contributed by atoms with E-state index in [1.54, 1.807) is 0 Å². The Morgan fingerprint density at radius 2 is 1.94 bits per heavy atom. The highest BCUT2D eigenvalue weighted by Gasteiger charge is 2.16. The molecule has 0 heterocycles. The first-order chi connectivity index (χ1) is 7.65. The maximum Gasteiger partial charge on any atom is 0.239 e. The number of carbonyl (C=O) groups excluding carboxylic acids is 2. The first-order valence-corrected chi connectivity index (χ1v) is 5.59. The maximum absolute atomic E-state index is 11.4. The molecule has 0 aliphatic rings. The average Bonchev–Trinajstić information content (AvgIpc) is 2.30. The van der Waals surface area contributed by atoms with Crippen molar-refractivity contribution in [3.8, 4) is 6.07 Å². The molecule has 5 nitrogen and oxygen atoms in total. The van der Waals surface area contributed by atoms with E-state index < -0.39 is 5.92 Å². The van der Waals surface area contributed by atoms with Crippen LogP contribution < -0.4 is 10.6 Å². The highest BCUT2D eigenvalue weighted by atomic mass is 16.2. The zero-order chi connectivity index (χ0) is 12.4. The van der Waals surface area contributed by atoms with Gasteiger partial charge in [-0.2, -0.15) is 5.26 Å². The van der Waals surface area contributed by atoms with Gasteiger partial charge in [0.15, 0.2) is 0 Å². The molecule has 0 saturated heterocycles. The van der Waals surface area contributed by atoms with Crippen molar-refractivity contribution in [1.29, 1.82) is 5.26 Å². The minimum Gasteiger partial charge on any atom is -0.355 e. The molecular formula is C11H19N3O2. The summed E-state index contributed by atoms with van der Waals surface area (Å²) >= 11 is 0. The second-order valence-electron chi connectivity index (χ2n) is 3.54. The number of nitriles is 1. The lowest BCUT2D eigenvalue weighted by atomic mass is 10.1. The molecule has 0 rings (SSSR count). The minimum absolute atomic E-state index is 0.0548. The molecule has 90 valence electrons. The summed E-state index contributed by atoms with van der Waals surface area (Å²) in [5.41, 5.74) is 0. The van der Waals surface area contributed by atoms with Crippen LogP contribution in [0.5, 0.6) is 0 Å². The van der Waals surface area contributed by atoms with Crippen molar-refractivity contribution in [3.05, 3.63) is 0 Å². The number of amides is 2. The fourth-order valence-electron chi connectivity index (χ4n) is 1.16. The van der Waals surface area contributed by atoms with E-state index in [4.69, 9.17) is 5.26 Å². The number of nitrogens with zero attached hydrogens (tertiary/aromatic N) is 1. The molecular weight excluding hydrogens is 206 g/mol. The molecule has 2 amide bonds. The smallest absolute Gasteiger partial charge is 0.239 e. The summed E-state index contributed by atoms with van der Waals surface area (Å²) < 4.78 is 0. The first kappa shape index (κ1) is 14.4. The second kappa shape index (κ2) is 8.72. The highest BCUT2D eigenvalue weighted by Crippen LogP contribution is 2.04. The summed E-state index contributed by atoms with van der Waals surface area (Å²) in [4.78, 5) is 22.6. The van der Waals surface area contributed by atoms with Crippen LogP contribution in [-0.4, -0.2) is 24.9 Å². The SMILES string of the molecule is CCCNC(=O)CNC(=O)C(C#N)CCC. The van der Waals surface area contributed by atoms with Crippen LogP contribution >= 0.6 is 0 Å². The van der Waals surface area contributed by atoms with E-state index in [0.717, 1.165) is 12.8 Å². The Bertz CT molecular complexity index is 271. The van der Waals surface area contributed by atoms with Gasteiger partial charge in [0.1, 0.15) is 5.92 Å². The summed E-state index contributed by atoms with van der Waals surface area (Å²) in [5.74, 6) is -1.23. The monoisotopic (exact) mass is 225 g/mol. The van der Waals surface area contributed by atoms with Gasteiger partial charge in [-0.05, 0) is 12.8 Å². The standard InChI is InChI=1S/C11H19N3O2/c1-3-5-9(7-12)11(16)14-8-10(15)13-6-4-2/h9H,3-6,8H2,1-2H3,(H,13,15)(H,14,16). The molecule has 16 heavy (non-hydrogen) atoms. The molecule has 0 aromatic heterocycles. The Morgan fingerprint density at radius 1 is 1.25 bits per heavy atom. The van der Waals surface area contributed by atoms with E-state index in [1.807, 2.05) is 19.9 Å². The van der Waals surface area contributed by atoms with E-state index in [0.29, 0.717) is 13.0 Å². The normalized spacial score (nSPS) is 11.3. The van der Waals surface area contributed by atoms with Gasteiger partial charge in [-0.3, -0.25) is 9.59 Å². The maximum atomic E-state index is 11.4. The molecule has 0 aliphatic heterocycles. The molecule has 2 N–H and O–H groups in total. The van der Waals surface area contributed by atoms with Gasteiger partial charge in [-0.25, -0.2) is 0 Å². The predicted molar refractivity (Wildman–Crippen MR) is 60.3 cm³/mol. The lowest BCUT2D eigenvalue weighted by molar-refractivity contribution is -0.127. The van der Waals surface area contributed by atoms with Gasteiger partial charge in [0, 0.05) is 6.54 Å². The van der Waals surface area contributed by atoms with Crippen LogP contribution in [0.1, 0.15) is 33.1 Å². The van der Waals surface area contributed by atoms with Crippen molar-refractivity contribution in [2.75, 3.05) is 13.1 Å². The summed E-state index contributed by atoms with van der Waals surface area (Å²) in [6, 6.07) is 1.93. The number of nitrogens with one attached hydrogen (secondary N) is 2. The van der Waals surface area contributed by atoms with Gasteiger partial charge < -0.3 is 10.6 Å². The zero-order valence-electron chi connectivity index (χ0n) is 9.88. The Labute approximate surface area is 96.2 Å². The largest absolute Gasteiger partial charge is 0.355 e. The van der Waals surface area contributed by atoms with Gasteiger partial charge in [-0.15, -0.1) is 0 Å². The van der Waals surface area contributed by atoms with Crippen LogP contribution in [0.4, 0.5) is 0 Å². The number of hydrogen-bond acceptors (Lipinski definition) is 3.